The molecule has 3 N–H and O–H groups in total. The third-order valence-electron chi connectivity index (χ3n) is 9.37. The average molecular weight is 634 g/mol. The largest absolute Gasteiger partial charge is 0.497 e. The number of esters is 1. The highest BCUT2D eigenvalue weighted by Gasteiger charge is 2.62. The second-order valence-corrected chi connectivity index (χ2v) is 12.2. The number of H-pyrrole nitrogens is 1. The number of unbranched alkanes of at least 4 members (excludes halogenated alkanes) is 4. The molecule has 1 spiro atoms. The van der Waals surface area contributed by atoms with Crippen LogP contribution in [0.15, 0.2) is 42.9 Å². The van der Waals surface area contributed by atoms with Gasteiger partial charge in [-0.25, -0.2) is 9.88 Å². The van der Waals surface area contributed by atoms with E-state index in [1.54, 1.807) is 25.7 Å². The van der Waals surface area contributed by atoms with Crippen molar-refractivity contribution in [2.24, 2.45) is 11.3 Å². The fourth-order valence-corrected chi connectivity index (χ4v) is 6.70. The molecule has 5 rings (SSSR count). The number of anilines is 2. The lowest BCUT2D eigenvalue weighted by Gasteiger charge is -2.42. The number of benzene rings is 1. The molecule has 2 aromatic heterocycles. The van der Waals surface area contributed by atoms with Crippen molar-refractivity contribution in [2.75, 3.05) is 37.5 Å². The molecule has 12 heteroatoms. The van der Waals surface area contributed by atoms with Crippen LogP contribution < -0.4 is 25.0 Å². The molecule has 0 aliphatic carbocycles. The molecule has 0 saturated carbocycles. The van der Waals surface area contributed by atoms with Crippen molar-refractivity contribution in [3.8, 4) is 22.8 Å². The molecule has 46 heavy (non-hydrogen) atoms. The van der Waals surface area contributed by atoms with Crippen LogP contribution in [-0.4, -0.2) is 71.6 Å². The van der Waals surface area contributed by atoms with Crippen LogP contribution >= 0.6 is 0 Å². The number of rotatable bonds is 15. The summed E-state index contributed by atoms with van der Waals surface area (Å²) in [6.45, 7) is 5.55. The summed E-state index contributed by atoms with van der Waals surface area (Å²) in [7, 11) is 3.13. The van der Waals surface area contributed by atoms with Gasteiger partial charge in [0.1, 0.15) is 11.8 Å². The summed E-state index contributed by atoms with van der Waals surface area (Å²) in [4.78, 5) is 39.4. The lowest BCUT2D eigenvalue weighted by Crippen LogP contribution is -2.53. The average Bonchev–Trinajstić information content (AvgIpc) is 3.69. The van der Waals surface area contributed by atoms with Crippen LogP contribution in [0.2, 0.25) is 0 Å². The maximum absolute atomic E-state index is 14.6. The van der Waals surface area contributed by atoms with Gasteiger partial charge in [0, 0.05) is 29.7 Å². The number of hydrogen-bond acceptors (Lipinski definition) is 10. The molecule has 0 radical (unpaired) electrons. The first-order chi connectivity index (χ1) is 22.4. The van der Waals surface area contributed by atoms with Crippen molar-refractivity contribution in [3.63, 3.8) is 0 Å². The van der Waals surface area contributed by atoms with E-state index >= 15 is 0 Å². The number of carbonyl (C=O) groups is 2. The molecule has 248 valence electrons. The van der Waals surface area contributed by atoms with Gasteiger partial charge in [-0.3, -0.25) is 14.7 Å². The van der Waals surface area contributed by atoms with E-state index in [1.165, 1.54) is 24.9 Å². The second kappa shape index (κ2) is 15.4. The minimum Gasteiger partial charge on any atom is -0.497 e. The molecule has 2 aliphatic heterocycles. The van der Waals surface area contributed by atoms with E-state index in [1.807, 2.05) is 31.2 Å². The third-order valence-corrected chi connectivity index (χ3v) is 9.37. The minimum atomic E-state index is -0.920. The van der Waals surface area contributed by atoms with Crippen LogP contribution in [-0.2, 0) is 14.3 Å². The number of piperidine rings is 1. The molecule has 2 aliphatic rings. The molecule has 4 heterocycles. The van der Waals surface area contributed by atoms with Crippen LogP contribution in [0.3, 0.4) is 0 Å². The standard InChI is InChI=1S/C34H47N7O5/c1-5-7-8-9-10-12-23(6-2)31(43)46-32-34(15-17-35-18-16-34)28(39-25-13-11-14-26(19-25)44-3)30(42)41(32)33-36-22-27(29(40-33)45-4)24-20-37-38-21-24/h11,13-14,19-23,28,32,35,39H,5-10,12,15-18H2,1-4H3,(H,37,38). The number of carbonyl (C=O) groups excluding carboxylic acids is 2. The monoisotopic (exact) mass is 633 g/mol. The van der Waals surface area contributed by atoms with Gasteiger partial charge in [0.2, 0.25) is 11.8 Å². The molecule has 3 atom stereocenters. The van der Waals surface area contributed by atoms with Crippen molar-refractivity contribution in [1.82, 2.24) is 25.5 Å². The van der Waals surface area contributed by atoms with Gasteiger partial charge in [0.15, 0.2) is 6.23 Å². The van der Waals surface area contributed by atoms with E-state index in [0.29, 0.717) is 43.7 Å². The Kier molecular flexibility index (Phi) is 11.1. The topological polar surface area (TPSA) is 144 Å². The van der Waals surface area contributed by atoms with Gasteiger partial charge in [-0.15, -0.1) is 0 Å². The van der Waals surface area contributed by atoms with Crippen molar-refractivity contribution < 1.29 is 23.8 Å². The zero-order chi connectivity index (χ0) is 32.5. The van der Waals surface area contributed by atoms with Crippen LogP contribution in [0.5, 0.6) is 11.6 Å². The summed E-state index contributed by atoms with van der Waals surface area (Å²) in [5, 5.41) is 13.7. The van der Waals surface area contributed by atoms with E-state index in [9.17, 15) is 9.59 Å². The fourth-order valence-electron chi connectivity index (χ4n) is 6.70. The molecular formula is C34H47N7O5. The SMILES string of the molecule is CCCCCCCC(CC)C(=O)OC1N(c2ncc(-c3cn[nH]c3)c(OC)n2)C(=O)C(Nc2cccc(OC)c2)C12CCNCC2. The number of aromatic amines is 1. The second-order valence-electron chi connectivity index (χ2n) is 12.2. The smallest absolute Gasteiger partial charge is 0.310 e. The van der Waals surface area contributed by atoms with Crippen molar-refractivity contribution in [1.29, 1.82) is 0 Å². The number of nitrogens with one attached hydrogen (secondary N) is 3. The number of hydrogen-bond donors (Lipinski definition) is 3. The summed E-state index contributed by atoms with van der Waals surface area (Å²) >= 11 is 0. The van der Waals surface area contributed by atoms with Gasteiger partial charge in [0.05, 0.1) is 37.3 Å². The van der Waals surface area contributed by atoms with Crippen LogP contribution in [0, 0.1) is 11.3 Å². The Balaban J connectivity index is 1.53. The number of methoxy groups -OCH3 is 2. The molecular weight excluding hydrogens is 586 g/mol. The zero-order valence-corrected chi connectivity index (χ0v) is 27.4. The first-order valence-corrected chi connectivity index (χ1v) is 16.5. The number of ether oxygens (including phenoxy) is 3. The van der Waals surface area contributed by atoms with E-state index in [0.717, 1.165) is 36.9 Å². The van der Waals surface area contributed by atoms with Gasteiger partial charge in [-0.05, 0) is 50.9 Å². The normalized spacial score (nSPS) is 19.7. The van der Waals surface area contributed by atoms with E-state index in [-0.39, 0.29) is 29.6 Å². The third kappa shape index (κ3) is 6.96. The number of amides is 1. The van der Waals surface area contributed by atoms with Gasteiger partial charge in [0.25, 0.3) is 5.91 Å². The maximum Gasteiger partial charge on any atom is 0.310 e. The number of nitrogens with zero attached hydrogens (tertiary/aromatic N) is 4. The Labute approximate surface area is 271 Å². The molecule has 1 amide bonds. The Morgan fingerprint density at radius 3 is 2.61 bits per heavy atom. The summed E-state index contributed by atoms with van der Waals surface area (Å²) in [6, 6.07) is 6.78. The van der Waals surface area contributed by atoms with E-state index in [2.05, 4.69) is 32.7 Å². The van der Waals surface area contributed by atoms with Crippen LogP contribution in [0.1, 0.15) is 71.6 Å². The lowest BCUT2D eigenvalue weighted by atomic mass is 9.73. The Morgan fingerprint density at radius 2 is 1.91 bits per heavy atom. The summed E-state index contributed by atoms with van der Waals surface area (Å²) < 4.78 is 17.6. The number of aromatic nitrogens is 4. The first-order valence-electron chi connectivity index (χ1n) is 16.5. The predicted molar refractivity (Wildman–Crippen MR) is 176 cm³/mol. The zero-order valence-electron chi connectivity index (χ0n) is 27.4. The molecule has 0 bridgehead atoms. The molecule has 3 aromatic rings. The van der Waals surface area contributed by atoms with Gasteiger partial charge in [-0.1, -0.05) is 52.0 Å². The molecule has 2 saturated heterocycles. The highest BCUT2D eigenvalue weighted by atomic mass is 16.6. The first kappa shape index (κ1) is 33.2. The van der Waals surface area contributed by atoms with Crippen molar-refractivity contribution in [2.45, 2.75) is 83.9 Å². The molecule has 12 nitrogen and oxygen atoms in total. The predicted octanol–water partition coefficient (Wildman–Crippen LogP) is 5.34. The van der Waals surface area contributed by atoms with Crippen molar-refractivity contribution >= 4 is 23.5 Å². The highest BCUT2D eigenvalue weighted by Crippen LogP contribution is 2.48. The van der Waals surface area contributed by atoms with Crippen molar-refractivity contribution in [3.05, 3.63) is 42.9 Å². The Bertz CT molecular complexity index is 1440. The highest BCUT2D eigenvalue weighted by molar-refractivity contribution is 6.02. The lowest BCUT2D eigenvalue weighted by molar-refractivity contribution is -0.161. The fraction of sp³-hybridized carbons (Fsp3) is 0.559. The van der Waals surface area contributed by atoms with Gasteiger partial charge in [-0.2, -0.15) is 10.1 Å². The molecule has 1 aromatic carbocycles. The van der Waals surface area contributed by atoms with Gasteiger partial charge >= 0.3 is 5.97 Å². The summed E-state index contributed by atoms with van der Waals surface area (Å²) in [6.07, 6.45) is 12.3. The van der Waals surface area contributed by atoms with Crippen LogP contribution in [0.25, 0.3) is 11.1 Å². The van der Waals surface area contributed by atoms with Crippen LogP contribution in [0.4, 0.5) is 11.6 Å². The van der Waals surface area contributed by atoms with E-state index < -0.39 is 17.7 Å². The minimum absolute atomic E-state index is 0.118. The molecule has 2 fully saturated rings. The maximum atomic E-state index is 14.6. The Hall–Kier alpha value is -4.19. The van der Waals surface area contributed by atoms with Gasteiger partial charge < -0.3 is 24.8 Å². The molecule has 3 unspecified atom stereocenters. The Morgan fingerprint density at radius 1 is 1.11 bits per heavy atom. The van der Waals surface area contributed by atoms with E-state index in [4.69, 9.17) is 19.2 Å². The summed E-state index contributed by atoms with van der Waals surface area (Å²) in [5.74, 6) is 0.249. The summed E-state index contributed by atoms with van der Waals surface area (Å²) in [5.41, 5.74) is 1.35. The quantitative estimate of drug-likeness (QED) is 0.148.